The quantitative estimate of drug-likeness (QED) is 0.584. The van der Waals surface area contributed by atoms with Crippen LogP contribution < -0.4 is 10.6 Å². The number of hydrogen-bond acceptors (Lipinski definition) is 4. The second-order valence-corrected chi connectivity index (χ2v) is 8.09. The molecule has 2 N–H and O–H groups in total. The molecule has 7 nitrogen and oxygen atoms in total. The first-order valence-electron chi connectivity index (χ1n) is 9.07. The minimum atomic E-state index is -0.476. The predicted molar refractivity (Wildman–Crippen MR) is 101 cm³/mol. The van der Waals surface area contributed by atoms with E-state index in [1.165, 1.54) is 0 Å². The van der Waals surface area contributed by atoms with Gasteiger partial charge in [0.1, 0.15) is 5.60 Å². The van der Waals surface area contributed by atoms with Crippen molar-refractivity contribution in [3.63, 3.8) is 0 Å². The van der Waals surface area contributed by atoms with Gasteiger partial charge < -0.3 is 25.0 Å². The van der Waals surface area contributed by atoms with E-state index >= 15 is 0 Å². The molecule has 1 atom stereocenters. The molecule has 0 spiro atoms. The molecule has 7 heteroatoms. The van der Waals surface area contributed by atoms with E-state index in [0.29, 0.717) is 19.0 Å². The fraction of sp³-hybridized carbons (Fsp3) is 0.889. The Hall–Kier alpha value is -1.50. The molecule has 0 saturated carbocycles. The van der Waals surface area contributed by atoms with Gasteiger partial charge in [0.05, 0.1) is 11.6 Å². The van der Waals surface area contributed by atoms with Crippen LogP contribution in [0.25, 0.3) is 0 Å². The molecule has 146 valence electrons. The minimum Gasteiger partial charge on any atom is -0.444 e. The zero-order chi connectivity index (χ0) is 19.1. The van der Waals surface area contributed by atoms with Crippen molar-refractivity contribution in [1.82, 2.24) is 15.5 Å². The van der Waals surface area contributed by atoms with E-state index in [0.717, 1.165) is 25.8 Å². The third-order valence-electron chi connectivity index (χ3n) is 4.22. The van der Waals surface area contributed by atoms with Gasteiger partial charge in [-0.05, 0) is 53.9 Å². The number of guanidine groups is 1. The molecule has 1 fully saturated rings. The standard InChI is InChI=1S/C18H36N4O3/c1-17(2,3)25-16(23)22-11-9-8-10-14(22)12-20-15(19-6)21-13-18(4,5)24-7/h14H,8-13H2,1-7H3,(H2,19,20,21). The van der Waals surface area contributed by atoms with E-state index < -0.39 is 5.60 Å². The topological polar surface area (TPSA) is 75.2 Å². The Kier molecular flexibility index (Phi) is 7.99. The number of carbonyl (C=O) groups excluding carboxylic acids is 1. The van der Waals surface area contributed by atoms with Gasteiger partial charge in [0, 0.05) is 33.8 Å². The van der Waals surface area contributed by atoms with Crippen molar-refractivity contribution in [1.29, 1.82) is 0 Å². The van der Waals surface area contributed by atoms with Crippen molar-refractivity contribution in [3.8, 4) is 0 Å². The van der Waals surface area contributed by atoms with Gasteiger partial charge in [-0.1, -0.05) is 0 Å². The molecule has 1 rings (SSSR count). The number of ether oxygens (including phenoxy) is 2. The second-order valence-electron chi connectivity index (χ2n) is 8.09. The molecule has 0 aliphatic carbocycles. The van der Waals surface area contributed by atoms with E-state index in [2.05, 4.69) is 15.6 Å². The van der Waals surface area contributed by atoms with Crippen molar-refractivity contribution < 1.29 is 14.3 Å². The van der Waals surface area contributed by atoms with Crippen LogP contribution >= 0.6 is 0 Å². The molecule has 1 amide bonds. The van der Waals surface area contributed by atoms with Gasteiger partial charge in [0.15, 0.2) is 5.96 Å². The van der Waals surface area contributed by atoms with Crippen molar-refractivity contribution >= 4 is 12.1 Å². The average molecular weight is 357 g/mol. The summed E-state index contributed by atoms with van der Waals surface area (Å²) in [4.78, 5) is 18.5. The minimum absolute atomic E-state index is 0.109. The number of rotatable bonds is 5. The van der Waals surface area contributed by atoms with Gasteiger partial charge in [-0.15, -0.1) is 0 Å². The normalized spacial score (nSPS) is 19.6. The number of aliphatic imine (C=N–C) groups is 1. The van der Waals surface area contributed by atoms with Gasteiger partial charge in [-0.3, -0.25) is 4.99 Å². The van der Waals surface area contributed by atoms with Crippen molar-refractivity contribution in [2.75, 3.05) is 33.8 Å². The summed E-state index contributed by atoms with van der Waals surface area (Å²) in [6.07, 6.45) is 2.87. The van der Waals surface area contributed by atoms with Crippen LogP contribution in [0.3, 0.4) is 0 Å². The summed E-state index contributed by atoms with van der Waals surface area (Å²) in [5.74, 6) is 0.708. The Labute approximate surface area is 152 Å². The molecule has 0 aromatic heterocycles. The number of piperidine rings is 1. The van der Waals surface area contributed by atoms with Crippen molar-refractivity contribution in [2.24, 2.45) is 4.99 Å². The Morgan fingerprint density at radius 3 is 2.44 bits per heavy atom. The van der Waals surface area contributed by atoms with Gasteiger partial charge in [-0.2, -0.15) is 0 Å². The Bertz CT molecular complexity index is 458. The molecule has 0 bridgehead atoms. The van der Waals surface area contributed by atoms with Crippen LogP contribution in [0.1, 0.15) is 53.9 Å². The summed E-state index contributed by atoms with van der Waals surface area (Å²) >= 11 is 0. The van der Waals surface area contributed by atoms with Crippen LogP contribution in [0.2, 0.25) is 0 Å². The highest BCUT2D eigenvalue weighted by Gasteiger charge is 2.30. The maximum Gasteiger partial charge on any atom is 0.410 e. The number of methoxy groups -OCH3 is 1. The molecule has 1 heterocycles. The monoisotopic (exact) mass is 356 g/mol. The maximum atomic E-state index is 12.4. The van der Waals surface area contributed by atoms with Crippen LogP contribution in [-0.4, -0.2) is 68.0 Å². The summed E-state index contributed by atoms with van der Waals surface area (Å²) in [6, 6.07) is 0.109. The lowest BCUT2D eigenvalue weighted by Gasteiger charge is -2.37. The summed E-state index contributed by atoms with van der Waals surface area (Å²) in [6.45, 7) is 11.7. The van der Waals surface area contributed by atoms with Gasteiger partial charge in [0.25, 0.3) is 0 Å². The SMILES string of the molecule is CN=C(NCC1CCCCN1C(=O)OC(C)(C)C)NCC(C)(C)OC. The molecule has 1 aliphatic heterocycles. The number of nitrogens with zero attached hydrogens (tertiary/aromatic N) is 2. The Balaban J connectivity index is 2.58. The van der Waals surface area contributed by atoms with Gasteiger partial charge in [0.2, 0.25) is 0 Å². The first kappa shape index (κ1) is 21.5. The molecule has 25 heavy (non-hydrogen) atoms. The first-order valence-corrected chi connectivity index (χ1v) is 9.07. The van der Waals surface area contributed by atoms with Crippen molar-refractivity contribution in [2.45, 2.75) is 71.1 Å². The largest absolute Gasteiger partial charge is 0.444 e. The highest BCUT2D eigenvalue weighted by atomic mass is 16.6. The number of hydrogen-bond donors (Lipinski definition) is 2. The van der Waals surface area contributed by atoms with Crippen LogP contribution in [0.15, 0.2) is 4.99 Å². The highest BCUT2D eigenvalue weighted by Crippen LogP contribution is 2.20. The molecule has 0 radical (unpaired) electrons. The van der Waals surface area contributed by atoms with Gasteiger partial charge in [-0.25, -0.2) is 4.79 Å². The smallest absolute Gasteiger partial charge is 0.410 e. The van der Waals surface area contributed by atoms with E-state index in [4.69, 9.17) is 9.47 Å². The summed E-state index contributed by atoms with van der Waals surface area (Å²) in [5.41, 5.74) is -0.749. The maximum absolute atomic E-state index is 12.4. The Morgan fingerprint density at radius 2 is 1.88 bits per heavy atom. The number of nitrogens with one attached hydrogen (secondary N) is 2. The van der Waals surface area contributed by atoms with E-state index in [1.807, 2.05) is 39.5 Å². The Morgan fingerprint density at radius 1 is 1.20 bits per heavy atom. The lowest BCUT2D eigenvalue weighted by Crippen LogP contribution is -2.53. The zero-order valence-electron chi connectivity index (χ0n) is 16.9. The molecule has 0 aromatic rings. The average Bonchev–Trinajstić information content (AvgIpc) is 2.53. The fourth-order valence-electron chi connectivity index (χ4n) is 2.58. The third kappa shape index (κ3) is 7.94. The van der Waals surface area contributed by atoms with Gasteiger partial charge >= 0.3 is 6.09 Å². The van der Waals surface area contributed by atoms with Crippen LogP contribution in [0, 0.1) is 0 Å². The van der Waals surface area contributed by atoms with E-state index in [-0.39, 0.29) is 17.7 Å². The van der Waals surface area contributed by atoms with Crippen LogP contribution in [0.4, 0.5) is 4.79 Å². The van der Waals surface area contributed by atoms with Crippen LogP contribution in [-0.2, 0) is 9.47 Å². The first-order chi connectivity index (χ1) is 11.6. The van der Waals surface area contributed by atoms with Crippen molar-refractivity contribution in [3.05, 3.63) is 0 Å². The molecular weight excluding hydrogens is 320 g/mol. The molecular formula is C18H36N4O3. The molecule has 0 aromatic carbocycles. The number of carbonyl (C=O) groups is 1. The molecule has 1 saturated heterocycles. The summed E-state index contributed by atoms with van der Waals surface area (Å²) in [5, 5.41) is 6.58. The lowest BCUT2D eigenvalue weighted by atomic mass is 10.0. The summed E-state index contributed by atoms with van der Waals surface area (Å²) in [7, 11) is 3.43. The zero-order valence-corrected chi connectivity index (χ0v) is 16.9. The number of likely N-dealkylation sites (tertiary alicyclic amines) is 1. The molecule has 1 aliphatic rings. The van der Waals surface area contributed by atoms with Crippen LogP contribution in [0.5, 0.6) is 0 Å². The molecule has 1 unspecified atom stereocenters. The second kappa shape index (κ2) is 9.27. The van der Waals surface area contributed by atoms with E-state index in [9.17, 15) is 4.79 Å². The predicted octanol–water partition coefficient (Wildman–Crippen LogP) is 2.37. The third-order valence-corrected chi connectivity index (χ3v) is 4.22. The van der Waals surface area contributed by atoms with E-state index in [1.54, 1.807) is 14.2 Å². The highest BCUT2D eigenvalue weighted by molar-refractivity contribution is 5.79. The summed E-state index contributed by atoms with van der Waals surface area (Å²) < 4.78 is 11.0. The fourth-order valence-corrected chi connectivity index (χ4v) is 2.58. The number of amides is 1. The lowest BCUT2D eigenvalue weighted by molar-refractivity contribution is 0.0104.